The van der Waals surface area contributed by atoms with Gasteiger partial charge in [0, 0.05) is 37.1 Å². The van der Waals surface area contributed by atoms with Gasteiger partial charge in [0.15, 0.2) is 11.5 Å². The van der Waals surface area contributed by atoms with Gasteiger partial charge in [-0.25, -0.2) is 9.37 Å². The Kier molecular flexibility index (Phi) is 8.00. The Balaban J connectivity index is 1.16. The molecule has 4 heterocycles. The molecule has 41 heavy (non-hydrogen) atoms. The maximum absolute atomic E-state index is 14.8. The summed E-state index contributed by atoms with van der Waals surface area (Å²) in [6, 6.07) is 10.4. The molecule has 3 aromatic rings. The second-order valence-corrected chi connectivity index (χ2v) is 11.9. The van der Waals surface area contributed by atoms with Crippen LogP contribution in [-0.4, -0.2) is 57.1 Å². The summed E-state index contributed by atoms with van der Waals surface area (Å²) in [5.41, 5.74) is 2.96. The second-order valence-electron chi connectivity index (χ2n) is 11.4. The van der Waals surface area contributed by atoms with Crippen molar-refractivity contribution in [3.63, 3.8) is 0 Å². The molecule has 0 radical (unpaired) electrons. The predicted octanol–water partition coefficient (Wildman–Crippen LogP) is 5.21. The van der Waals surface area contributed by atoms with Gasteiger partial charge in [-0.3, -0.25) is 4.90 Å². The quantitative estimate of drug-likeness (QED) is 0.356. The molecule has 1 unspecified atom stereocenters. The van der Waals surface area contributed by atoms with E-state index < -0.39 is 17.7 Å². The van der Waals surface area contributed by atoms with Gasteiger partial charge >= 0.3 is 0 Å². The van der Waals surface area contributed by atoms with Gasteiger partial charge in [-0.2, -0.15) is 0 Å². The molecule has 0 amide bonds. The van der Waals surface area contributed by atoms with Crippen molar-refractivity contribution in [2.45, 2.75) is 76.5 Å². The van der Waals surface area contributed by atoms with Crippen LogP contribution in [0.1, 0.15) is 73.0 Å². The highest BCUT2D eigenvalue weighted by Crippen LogP contribution is 2.50. The Morgan fingerprint density at radius 2 is 1.95 bits per heavy atom. The summed E-state index contributed by atoms with van der Waals surface area (Å²) >= 11 is 5.97. The van der Waals surface area contributed by atoms with E-state index in [1.807, 2.05) is 19.1 Å². The van der Waals surface area contributed by atoms with Crippen molar-refractivity contribution in [2.75, 3.05) is 26.3 Å². The molecule has 2 aromatic carbocycles. The van der Waals surface area contributed by atoms with Crippen LogP contribution in [0.5, 0.6) is 11.5 Å². The summed E-state index contributed by atoms with van der Waals surface area (Å²) in [4.78, 5) is 7.24. The van der Waals surface area contributed by atoms with Crippen LogP contribution in [0.3, 0.4) is 0 Å². The Bertz CT molecular complexity index is 1400. The fraction of sp³-hybridized carbons (Fsp3) is 0.516. The SMILES string of the molecule is Cc1nc(CN2CCC(c3cccc4c3O[C@@](C)(c3ccc(Cl)cc3F)O4)CC2)n(C[C@@H]2CCO2)c1C(O)CCO. The molecule has 0 spiro atoms. The molecule has 0 bridgehead atoms. The number of hydrogen-bond donors (Lipinski definition) is 2. The highest BCUT2D eigenvalue weighted by Gasteiger charge is 2.43. The number of likely N-dealkylation sites (tertiary alicyclic amines) is 1. The zero-order chi connectivity index (χ0) is 28.7. The van der Waals surface area contributed by atoms with Crippen LogP contribution >= 0.6 is 11.6 Å². The predicted molar refractivity (Wildman–Crippen MR) is 152 cm³/mol. The van der Waals surface area contributed by atoms with Crippen LogP contribution < -0.4 is 9.47 Å². The summed E-state index contributed by atoms with van der Waals surface area (Å²) in [5, 5.41) is 20.5. The van der Waals surface area contributed by atoms with Gasteiger partial charge in [0.05, 0.1) is 42.2 Å². The molecule has 3 atom stereocenters. The molecule has 2 fully saturated rings. The van der Waals surface area contributed by atoms with Crippen LogP contribution in [0.25, 0.3) is 0 Å². The molecule has 3 aliphatic rings. The zero-order valence-electron chi connectivity index (χ0n) is 23.5. The van der Waals surface area contributed by atoms with Crippen LogP contribution in [0, 0.1) is 12.7 Å². The van der Waals surface area contributed by atoms with Gasteiger partial charge in [-0.15, -0.1) is 0 Å². The average Bonchev–Trinajstić information content (AvgIpc) is 3.42. The minimum absolute atomic E-state index is 0.0830. The van der Waals surface area contributed by atoms with Crippen molar-refractivity contribution in [1.29, 1.82) is 0 Å². The maximum Gasteiger partial charge on any atom is 0.278 e. The summed E-state index contributed by atoms with van der Waals surface area (Å²) in [6.45, 7) is 7.41. The average molecular weight is 586 g/mol. The highest BCUT2D eigenvalue weighted by molar-refractivity contribution is 6.30. The Morgan fingerprint density at radius 3 is 2.63 bits per heavy atom. The van der Waals surface area contributed by atoms with E-state index in [0.29, 0.717) is 35.2 Å². The first-order valence-electron chi connectivity index (χ1n) is 14.4. The van der Waals surface area contributed by atoms with E-state index in [0.717, 1.165) is 61.7 Å². The van der Waals surface area contributed by atoms with E-state index in [2.05, 4.69) is 15.5 Å². The lowest BCUT2D eigenvalue weighted by molar-refractivity contribution is -0.0712. The molecular weight excluding hydrogens is 549 g/mol. The Morgan fingerprint density at radius 1 is 1.17 bits per heavy atom. The normalized spacial score (nSPS) is 23.5. The van der Waals surface area contributed by atoms with Crippen molar-refractivity contribution in [3.8, 4) is 11.5 Å². The number of para-hydroxylation sites is 1. The molecule has 10 heteroatoms. The van der Waals surface area contributed by atoms with E-state index in [-0.39, 0.29) is 25.0 Å². The maximum atomic E-state index is 14.8. The van der Waals surface area contributed by atoms with Crippen LogP contribution in [0.2, 0.25) is 5.02 Å². The fourth-order valence-corrected chi connectivity index (χ4v) is 6.48. The Hall–Kier alpha value is -2.69. The second kappa shape index (κ2) is 11.5. The number of aliphatic hydroxyl groups is 2. The molecular formula is C31H37ClFN3O5. The van der Waals surface area contributed by atoms with Crippen LogP contribution in [0.4, 0.5) is 4.39 Å². The van der Waals surface area contributed by atoms with E-state index in [1.54, 1.807) is 19.1 Å². The number of ether oxygens (including phenoxy) is 3. The summed E-state index contributed by atoms with van der Waals surface area (Å²) < 4.78 is 35.1. The van der Waals surface area contributed by atoms with E-state index in [9.17, 15) is 14.6 Å². The molecule has 0 saturated carbocycles. The number of aromatic nitrogens is 2. The summed E-state index contributed by atoms with van der Waals surface area (Å²) in [6.07, 6.45) is 2.49. The van der Waals surface area contributed by atoms with E-state index in [4.69, 9.17) is 30.8 Å². The molecule has 2 saturated heterocycles. The number of nitrogens with zero attached hydrogens (tertiary/aromatic N) is 3. The third-order valence-electron chi connectivity index (χ3n) is 8.59. The standard InChI is InChI=1S/C31H37ClFN3O5/c1-19-29(26(38)10-14-37)36(17-22-11-15-39-22)28(34-19)18-35-12-8-20(9-13-35)23-4-3-5-27-30(23)41-31(2,40-27)24-7-6-21(32)16-25(24)33/h3-7,16,20,22,26,37-38H,8-15,17-18H2,1-2H3/t22-,26?,31-/m0/s1. The number of hydrogen-bond acceptors (Lipinski definition) is 7. The molecule has 3 aliphatic heterocycles. The number of piperidine rings is 1. The number of fused-ring (bicyclic) bond motifs is 1. The monoisotopic (exact) mass is 585 g/mol. The van der Waals surface area contributed by atoms with Crippen molar-refractivity contribution in [2.24, 2.45) is 0 Å². The van der Waals surface area contributed by atoms with E-state index >= 15 is 0 Å². The van der Waals surface area contributed by atoms with Crippen LogP contribution in [-0.2, 0) is 23.6 Å². The van der Waals surface area contributed by atoms with Crippen molar-refractivity contribution < 1.29 is 28.8 Å². The molecule has 1 aromatic heterocycles. The topological polar surface area (TPSA) is 89.2 Å². The van der Waals surface area contributed by atoms with E-state index in [1.165, 1.54) is 6.07 Å². The number of benzene rings is 2. The van der Waals surface area contributed by atoms with Gasteiger partial charge in [0.25, 0.3) is 5.79 Å². The van der Waals surface area contributed by atoms with Gasteiger partial charge in [0.1, 0.15) is 11.6 Å². The van der Waals surface area contributed by atoms with Gasteiger partial charge in [-0.05, 0) is 69.5 Å². The van der Waals surface area contributed by atoms with Crippen molar-refractivity contribution >= 4 is 11.6 Å². The van der Waals surface area contributed by atoms with Crippen LogP contribution in [0.15, 0.2) is 36.4 Å². The van der Waals surface area contributed by atoms with Crippen molar-refractivity contribution in [1.82, 2.24) is 14.5 Å². The fourth-order valence-electron chi connectivity index (χ4n) is 6.32. The number of halogens is 2. The number of aryl methyl sites for hydroxylation is 1. The smallest absolute Gasteiger partial charge is 0.278 e. The minimum atomic E-state index is -1.27. The Labute approximate surface area is 244 Å². The van der Waals surface area contributed by atoms with Gasteiger partial charge in [0.2, 0.25) is 0 Å². The third kappa shape index (κ3) is 5.58. The molecule has 2 N–H and O–H groups in total. The zero-order valence-corrected chi connectivity index (χ0v) is 24.2. The summed E-state index contributed by atoms with van der Waals surface area (Å²) in [7, 11) is 0. The lowest BCUT2D eigenvalue weighted by Crippen LogP contribution is -2.36. The molecule has 6 rings (SSSR count). The number of aliphatic hydroxyl groups excluding tert-OH is 2. The lowest BCUT2D eigenvalue weighted by Gasteiger charge is -2.33. The van der Waals surface area contributed by atoms with Crippen molar-refractivity contribution in [3.05, 3.63) is 75.6 Å². The molecule has 220 valence electrons. The first-order valence-corrected chi connectivity index (χ1v) is 14.8. The van der Waals surface area contributed by atoms with Gasteiger partial charge in [-0.1, -0.05) is 23.7 Å². The molecule has 8 nitrogen and oxygen atoms in total. The first-order chi connectivity index (χ1) is 19.8. The lowest BCUT2D eigenvalue weighted by atomic mass is 9.88. The first kappa shape index (κ1) is 28.4. The highest BCUT2D eigenvalue weighted by atomic mass is 35.5. The summed E-state index contributed by atoms with van der Waals surface area (Å²) in [5.74, 6) is 0.747. The molecule has 0 aliphatic carbocycles. The van der Waals surface area contributed by atoms with Gasteiger partial charge < -0.3 is 29.0 Å². The number of rotatable bonds is 9. The number of imidazole rings is 1. The minimum Gasteiger partial charge on any atom is -0.444 e. The largest absolute Gasteiger partial charge is 0.444 e. The third-order valence-corrected chi connectivity index (χ3v) is 8.83.